The summed E-state index contributed by atoms with van der Waals surface area (Å²) in [5.41, 5.74) is 2.80. The number of hydrogen-bond acceptors (Lipinski definition) is 3. The second kappa shape index (κ2) is 8.57. The van der Waals surface area contributed by atoms with Crippen molar-refractivity contribution >= 4 is 39.1 Å². The Hall–Kier alpha value is -2.34. The molecule has 0 aromatic heterocycles. The van der Waals surface area contributed by atoms with Crippen LogP contribution in [0.25, 0.3) is 0 Å². The molecule has 2 aromatic carbocycles. The van der Waals surface area contributed by atoms with Gasteiger partial charge in [-0.2, -0.15) is 0 Å². The highest BCUT2D eigenvalue weighted by molar-refractivity contribution is 9.10. The van der Waals surface area contributed by atoms with Crippen molar-refractivity contribution < 1.29 is 9.59 Å². The van der Waals surface area contributed by atoms with Crippen LogP contribution in [0.5, 0.6) is 0 Å². The number of hydrogen-bond donors (Lipinski definition) is 2. The van der Waals surface area contributed by atoms with E-state index in [9.17, 15) is 9.59 Å². The van der Waals surface area contributed by atoms with Crippen molar-refractivity contribution in [3.8, 4) is 0 Å². The minimum absolute atomic E-state index is 0.0548. The molecule has 4 rings (SSSR count). The zero-order valence-electron chi connectivity index (χ0n) is 16.6. The highest BCUT2D eigenvalue weighted by atomic mass is 79.9. The first-order chi connectivity index (χ1) is 14.0. The molecule has 6 heteroatoms. The van der Waals surface area contributed by atoms with Crippen molar-refractivity contribution in [3.05, 3.63) is 58.1 Å². The number of amides is 2. The van der Waals surface area contributed by atoms with E-state index in [0.29, 0.717) is 16.8 Å². The van der Waals surface area contributed by atoms with Crippen LogP contribution < -0.4 is 15.5 Å². The van der Waals surface area contributed by atoms with Gasteiger partial charge in [-0.25, -0.2) is 0 Å². The Labute approximate surface area is 180 Å². The van der Waals surface area contributed by atoms with Crippen LogP contribution in [0.4, 0.5) is 11.4 Å². The molecule has 1 aliphatic heterocycles. The Morgan fingerprint density at radius 2 is 1.66 bits per heavy atom. The Bertz CT molecular complexity index is 901. The van der Waals surface area contributed by atoms with Crippen LogP contribution in [-0.4, -0.2) is 30.9 Å². The Kier molecular flexibility index (Phi) is 5.90. The average molecular weight is 456 g/mol. The number of piperidine rings is 1. The Morgan fingerprint density at radius 3 is 2.31 bits per heavy atom. The first-order valence-electron chi connectivity index (χ1n) is 10.3. The molecule has 152 valence electrons. The molecule has 0 spiro atoms. The van der Waals surface area contributed by atoms with Crippen molar-refractivity contribution in [2.75, 3.05) is 23.3 Å². The maximum absolute atomic E-state index is 12.9. The fourth-order valence-corrected chi connectivity index (χ4v) is 3.88. The topological polar surface area (TPSA) is 61.4 Å². The van der Waals surface area contributed by atoms with E-state index in [2.05, 4.69) is 38.4 Å². The zero-order valence-corrected chi connectivity index (χ0v) is 18.2. The number of carbonyl (C=O) groups is 2. The SMILES string of the molecule is CC1CCN(c2ccc(NC(=O)c3ccc(Br)cc3)cc2C(=O)NC2CC2)CC1. The predicted octanol–water partition coefficient (Wildman–Crippen LogP) is 4.83. The van der Waals surface area contributed by atoms with Gasteiger partial charge in [-0.15, -0.1) is 0 Å². The van der Waals surface area contributed by atoms with Crippen LogP contribution in [0.3, 0.4) is 0 Å². The van der Waals surface area contributed by atoms with E-state index in [4.69, 9.17) is 0 Å². The quantitative estimate of drug-likeness (QED) is 0.678. The van der Waals surface area contributed by atoms with E-state index in [1.807, 2.05) is 30.3 Å². The second-order valence-electron chi connectivity index (χ2n) is 8.11. The van der Waals surface area contributed by atoms with E-state index < -0.39 is 0 Å². The van der Waals surface area contributed by atoms with E-state index >= 15 is 0 Å². The molecular formula is C23H26BrN3O2. The second-order valence-corrected chi connectivity index (χ2v) is 9.03. The lowest BCUT2D eigenvalue weighted by Crippen LogP contribution is -2.35. The van der Waals surface area contributed by atoms with E-state index in [-0.39, 0.29) is 17.9 Å². The summed E-state index contributed by atoms with van der Waals surface area (Å²) in [6.07, 6.45) is 4.35. The largest absolute Gasteiger partial charge is 0.371 e. The summed E-state index contributed by atoms with van der Waals surface area (Å²) in [4.78, 5) is 27.8. The summed E-state index contributed by atoms with van der Waals surface area (Å²) in [6, 6.07) is 13.2. The molecular weight excluding hydrogens is 430 g/mol. The number of carbonyl (C=O) groups excluding carboxylic acids is 2. The highest BCUT2D eigenvalue weighted by Gasteiger charge is 2.27. The van der Waals surface area contributed by atoms with Crippen molar-refractivity contribution in [2.45, 2.75) is 38.6 Å². The van der Waals surface area contributed by atoms with Crippen LogP contribution in [0.1, 0.15) is 53.3 Å². The van der Waals surface area contributed by atoms with Crippen LogP contribution >= 0.6 is 15.9 Å². The van der Waals surface area contributed by atoms with Crippen molar-refractivity contribution in [2.24, 2.45) is 5.92 Å². The van der Waals surface area contributed by atoms with Crippen LogP contribution in [-0.2, 0) is 0 Å². The molecule has 2 amide bonds. The molecule has 1 heterocycles. The Morgan fingerprint density at radius 1 is 0.966 bits per heavy atom. The minimum atomic E-state index is -0.189. The number of anilines is 2. The predicted molar refractivity (Wildman–Crippen MR) is 120 cm³/mol. The van der Waals surface area contributed by atoms with Gasteiger partial charge < -0.3 is 15.5 Å². The third-order valence-electron chi connectivity index (χ3n) is 5.64. The zero-order chi connectivity index (χ0) is 20.4. The monoisotopic (exact) mass is 455 g/mol. The molecule has 2 aliphatic rings. The molecule has 0 radical (unpaired) electrons. The molecule has 5 nitrogen and oxygen atoms in total. The van der Waals surface area contributed by atoms with Gasteiger partial charge in [0.1, 0.15) is 0 Å². The summed E-state index contributed by atoms with van der Waals surface area (Å²) < 4.78 is 0.924. The van der Waals surface area contributed by atoms with E-state index in [1.54, 1.807) is 12.1 Å². The van der Waals surface area contributed by atoms with Gasteiger partial charge >= 0.3 is 0 Å². The highest BCUT2D eigenvalue weighted by Crippen LogP contribution is 2.30. The summed E-state index contributed by atoms with van der Waals surface area (Å²) in [5, 5.41) is 6.02. The standard InChI is InChI=1S/C23H26BrN3O2/c1-15-10-12-27(13-11-15)21-9-8-19(14-20(21)23(29)25-18-6-7-18)26-22(28)16-2-4-17(24)5-3-16/h2-5,8-9,14-15,18H,6-7,10-13H2,1H3,(H,25,29)(H,26,28). The van der Waals surface area contributed by atoms with Gasteiger partial charge in [0.05, 0.1) is 5.56 Å². The van der Waals surface area contributed by atoms with E-state index in [1.165, 1.54) is 0 Å². The van der Waals surface area contributed by atoms with Crippen LogP contribution in [0, 0.1) is 5.92 Å². The Balaban J connectivity index is 1.57. The van der Waals surface area contributed by atoms with Gasteiger partial charge in [0.15, 0.2) is 0 Å². The van der Waals surface area contributed by atoms with Crippen molar-refractivity contribution in [3.63, 3.8) is 0 Å². The number of nitrogens with zero attached hydrogens (tertiary/aromatic N) is 1. The third-order valence-corrected chi connectivity index (χ3v) is 6.17. The maximum Gasteiger partial charge on any atom is 0.255 e. The van der Waals surface area contributed by atoms with Gasteiger partial charge in [0.2, 0.25) is 0 Å². The molecule has 2 N–H and O–H groups in total. The molecule has 0 bridgehead atoms. The average Bonchev–Trinajstić information content (AvgIpc) is 3.53. The summed E-state index contributed by atoms with van der Waals surface area (Å²) in [7, 11) is 0. The molecule has 2 fully saturated rings. The van der Waals surface area contributed by atoms with Crippen molar-refractivity contribution in [1.29, 1.82) is 0 Å². The number of benzene rings is 2. The molecule has 0 unspecified atom stereocenters. The van der Waals surface area contributed by atoms with Crippen molar-refractivity contribution in [1.82, 2.24) is 5.32 Å². The molecule has 2 aromatic rings. The fraction of sp³-hybridized carbons (Fsp3) is 0.391. The number of nitrogens with one attached hydrogen (secondary N) is 2. The summed E-state index contributed by atoms with van der Waals surface area (Å²) in [6.45, 7) is 4.18. The lowest BCUT2D eigenvalue weighted by Gasteiger charge is -2.33. The normalized spacial score (nSPS) is 17.1. The van der Waals surface area contributed by atoms with Crippen LogP contribution in [0.2, 0.25) is 0 Å². The van der Waals surface area contributed by atoms with Gasteiger partial charge in [0, 0.05) is 40.5 Å². The van der Waals surface area contributed by atoms with Gasteiger partial charge in [-0.05, 0) is 74.1 Å². The number of rotatable bonds is 5. The van der Waals surface area contributed by atoms with E-state index in [0.717, 1.165) is 54.9 Å². The smallest absolute Gasteiger partial charge is 0.255 e. The first kappa shape index (κ1) is 20.0. The summed E-state index contributed by atoms with van der Waals surface area (Å²) in [5.74, 6) is 0.478. The maximum atomic E-state index is 12.9. The molecule has 1 saturated carbocycles. The third kappa shape index (κ3) is 4.99. The van der Waals surface area contributed by atoms with Gasteiger partial charge in [-0.1, -0.05) is 22.9 Å². The lowest BCUT2D eigenvalue weighted by atomic mass is 9.97. The molecule has 0 atom stereocenters. The first-order valence-corrected chi connectivity index (χ1v) is 11.1. The van der Waals surface area contributed by atoms with Crippen LogP contribution in [0.15, 0.2) is 46.9 Å². The summed E-state index contributed by atoms with van der Waals surface area (Å²) >= 11 is 3.38. The molecule has 29 heavy (non-hydrogen) atoms. The molecule has 1 saturated heterocycles. The van der Waals surface area contributed by atoms with Gasteiger partial charge in [0.25, 0.3) is 11.8 Å². The fourth-order valence-electron chi connectivity index (χ4n) is 3.62. The molecule has 1 aliphatic carbocycles. The minimum Gasteiger partial charge on any atom is -0.371 e. The number of halogens is 1. The van der Waals surface area contributed by atoms with Gasteiger partial charge in [-0.3, -0.25) is 9.59 Å². The lowest BCUT2D eigenvalue weighted by molar-refractivity contribution is 0.0950.